The van der Waals surface area contributed by atoms with Gasteiger partial charge >= 0.3 is 0 Å². The number of amides is 2. The lowest BCUT2D eigenvalue weighted by Crippen LogP contribution is -2.38. The largest absolute Gasteiger partial charge is 0.459 e. The summed E-state index contributed by atoms with van der Waals surface area (Å²) in [5.41, 5.74) is 2.06. The van der Waals surface area contributed by atoms with Crippen LogP contribution in [0.4, 0.5) is 5.69 Å². The molecule has 1 saturated heterocycles. The number of aryl methyl sites for hydroxylation is 1. The van der Waals surface area contributed by atoms with Gasteiger partial charge in [-0.15, -0.1) is 0 Å². The van der Waals surface area contributed by atoms with Crippen LogP contribution >= 0.6 is 0 Å². The van der Waals surface area contributed by atoms with Crippen LogP contribution in [0.5, 0.6) is 0 Å². The molecule has 0 bridgehead atoms. The van der Waals surface area contributed by atoms with Crippen molar-refractivity contribution in [3.05, 3.63) is 53.5 Å². The van der Waals surface area contributed by atoms with Crippen LogP contribution in [0.15, 0.2) is 41.0 Å². The molecule has 6 nitrogen and oxygen atoms in total. The molecule has 24 heavy (non-hydrogen) atoms. The molecule has 126 valence electrons. The van der Waals surface area contributed by atoms with Crippen molar-refractivity contribution in [2.75, 3.05) is 25.5 Å². The Morgan fingerprint density at radius 3 is 2.83 bits per heavy atom. The second kappa shape index (κ2) is 6.88. The van der Waals surface area contributed by atoms with Gasteiger partial charge in [-0.05, 0) is 49.7 Å². The highest BCUT2D eigenvalue weighted by Gasteiger charge is 2.24. The topological polar surface area (TPSA) is 74.6 Å². The standard InChI is InChI=1S/C18H21N3O3/c1-12-5-6-13(18(23)21(2)14-7-8-19-11-14)10-15(12)20-17(22)16-4-3-9-24-16/h3-6,9-10,14,19H,7-8,11H2,1-2H3,(H,20,22). The van der Waals surface area contributed by atoms with Gasteiger partial charge in [-0.2, -0.15) is 0 Å². The van der Waals surface area contributed by atoms with E-state index in [4.69, 9.17) is 4.42 Å². The maximum Gasteiger partial charge on any atom is 0.291 e. The van der Waals surface area contributed by atoms with Gasteiger partial charge in [-0.1, -0.05) is 6.07 Å². The predicted octanol–water partition coefficient (Wildman–Crippen LogP) is 2.27. The van der Waals surface area contributed by atoms with Crippen LogP contribution in [0.25, 0.3) is 0 Å². The molecule has 1 unspecified atom stereocenters. The monoisotopic (exact) mass is 327 g/mol. The minimum absolute atomic E-state index is 0.0443. The first-order chi connectivity index (χ1) is 11.6. The fourth-order valence-corrected chi connectivity index (χ4v) is 2.82. The maximum atomic E-state index is 12.7. The minimum Gasteiger partial charge on any atom is -0.459 e. The highest BCUT2D eigenvalue weighted by Crippen LogP contribution is 2.20. The number of carbonyl (C=O) groups is 2. The Bertz CT molecular complexity index is 734. The second-order valence-corrected chi connectivity index (χ2v) is 6.02. The Kier molecular flexibility index (Phi) is 4.66. The van der Waals surface area contributed by atoms with Crippen LogP contribution in [0.1, 0.15) is 32.9 Å². The zero-order valence-electron chi connectivity index (χ0n) is 13.8. The van der Waals surface area contributed by atoms with Crippen molar-refractivity contribution in [2.45, 2.75) is 19.4 Å². The van der Waals surface area contributed by atoms with E-state index >= 15 is 0 Å². The van der Waals surface area contributed by atoms with Gasteiger partial charge in [0, 0.05) is 30.9 Å². The molecule has 2 N–H and O–H groups in total. The molecule has 0 spiro atoms. The summed E-state index contributed by atoms with van der Waals surface area (Å²) in [6, 6.07) is 8.81. The first-order valence-electron chi connectivity index (χ1n) is 7.99. The van der Waals surface area contributed by atoms with Gasteiger partial charge in [-0.3, -0.25) is 9.59 Å². The van der Waals surface area contributed by atoms with E-state index in [0.717, 1.165) is 25.1 Å². The molecule has 6 heteroatoms. The summed E-state index contributed by atoms with van der Waals surface area (Å²) < 4.78 is 5.10. The number of furan rings is 1. The van der Waals surface area contributed by atoms with E-state index in [9.17, 15) is 9.59 Å². The average Bonchev–Trinajstić information content (AvgIpc) is 3.28. The van der Waals surface area contributed by atoms with Gasteiger partial charge < -0.3 is 20.0 Å². The van der Waals surface area contributed by atoms with Gasteiger partial charge in [0.15, 0.2) is 5.76 Å². The van der Waals surface area contributed by atoms with Crippen molar-refractivity contribution in [1.29, 1.82) is 0 Å². The molecule has 1 fully saturated rings. The van der Waals surface area contributed by atoms with Crippen LogP contribution in [-0.4, -0.2) is 42.9 Å². The number of rotatable bonds is 4. The van der Waals surface area contributed by atoms with Crippen molar-refractivity contribution in [1.82, 2.24) is 10.2 Å². The normalized spacial score (nSPS) is 16.8. The van der Waals surface area contributed by atoms with Gasteiger partial charge in [0.25, 0.3) is 11.8 Å². The fraction of sp³-hybridized carbons (Fsp3) is 0.333. The van der Waals surface area contributed by atoms with E-state index in [1.54, 1.807) is 29.2 Å². The zero-order chi connectivity index (χ0) is 17.1. The van der Waals surface area contributed by atoms with Gasteiger partial charge in [0.05, 0.1) is 6.26 Å². The Morgan fingerprint density at radius 2 is 2.17 bits per heavy atom. The summed E-state index contributed by atoms with van der Waals surface area (Å²) in [7, 11) is 1.82. The molecule has 3 rings (SSSR count). The number of anilines is 1. The Hall–Kier alpha value is -2.60. The van der Waals surface area contributed by atoms with Crippen LogP contribution in [0.2, 0.25) is 0 Å². The van der Waals surface area contributed by atoms with E-state index < -0.39 is 0 Å². The quantitative estimate of drug-likeness (QED) is 0.903. The van der Waals surface area contributed by atoms with E-state index in [1.807, 2.05) is 20.0 Å². The van der Waals surface area contributed by atoms with Crippen LogP contribution < -0.4 is 10.6 Å². The summed E-state index contributed by atoms with van der Waals surface area (Å²) in [5, 5.41) is 6.06. The van der Waals surface area contributed by atoms with E-state index in [1.165, 1.54) is 6.26 Å². The van der Waals surface area contributed by atoms with Crippen molar-refractivity contribution in [3.63, 3.8) is 0 Å². The number of nitrogens with one attached hydrogen (secondary N) is 2. The molecule has 0 saturated carbocycles. The first-order valence-corrected chi connectivity index (χ1v) is 7.99. The molecule has 0 aliphatic carbocycles. The number of nitrogens with zero attached hydrogens (tertiary/aromatic N) is 1. The molecule has 1 aromatic carbocycles. The molecular weight excluding hydrogens is 306 g/mol. The third-order valence-corrected chi connectivity index (χ3v) is 4.38. The molecule has 2 amide bonds. The SMILES string of the molecule is Cc1ccc(C(=O)N(C)C2CCNC2)cc1NC(=O)c1ccco1. The Labute approximate surface area is 140 Å². The third-order valence-electron chi connectivity index (χ3n) is 4.38. The van der Waals surface area contributed by atoms with Crippen molar-refractivity contribution < 1.29 is 14.0 Å². The smallest absolute Gasteiger partial charge is 0.291 e. The minimum atomic E-state index is -0.332. The predicted molar refractivity (Wildman–Crippen MR) is 91.2 cm³/mol. The van der Waals surface area contributed by atoms with Crippen LogP contribution in [-0.2, 0) is 0 Å². The molecule has 2 heterocycles. The lowest BCUT2D eigenvalue weighted by Gasteiger charge is -2.24. The fourth-order valence-electron chi connectivity index (χ4n) is 2.82. The molecule has 1 aromatic heterocycles. The molecule has 1 atom stereocenters. The Balaban J connectivity index is 1.78. The van der Waals surface area contributed by atoms with Crippen molar-refractivity contribution >= 4 is 17.5 Å². The van der Waals surface area contributed by atoms with Gasteiger partial charge in [0.2, 0.25) is 0 Å². The average molecular weight is 327 g/mol. The number of benzene rings is 1. The summed E-state index contributed by atoms with van der Waals surface area (Å²) in [4.78, 5) is 26.6. The summed E-state index contributed by atoms with van der Waals surface area (Å²) in [6.07, 6.45) is 2.41. The highest BCUT2D eigenvalue weighted by atomic mass is 16.3. The summed E-state index contributed by atoms with van der Waals surface area (Å²) in [5.74, 6) is -0.140. The number of hydrogen-bond acceptors (Lipinski definition) is 4. The van der Waals surface area contributed by atoms with E-state index in [2.05, 4.69) is 10.6 Å². The molecule has 1 aliphatic rings. The van der Waals surface area contributed by atoms with Crippen LogP contribution in [0.3, 0.4) is 0 Å². The number of hydrogen-bond donors (Lipinski definition) is 2. The molecule has 2 aromatic rings. The van der Waals surface area contributed by atoms with Crippen molar-refractivity contribution in [3.8, 4) is 0 Å². The zero-order valence-corrected chi connectivity index (χ0v) is 13.8. The van der Waals surface area contributed by atoms with E-state index in [0.29, 0.717) is 11.3 Å². The first kappa shape index (κ1) is 16.3. The van der Waals surface area contributed by atoms with Crippen molar-refractivity contribution in [2.24, 2.45) is 0 Å². The molecule has 0 radical (unpaired) electrons. The molecule has 1 aliphatic heterocycles. The summed E-state index contributed by atoms with van der Waals surface area (Å²) in [6.45, 7) is 3.63. The van der Waals surface area contributed by atoms with Gasteiger partial charge in [-0.25, -0.2) is 0 Å². The van der Waals surface area contributed by atoms with E-state index in [-0.39, 0.29) is 23.6 Å². The number of carbonyl (C=O) groups excluding carboxylic acids is 2. The Morgan fingerprint density at radius 1 is 1.33 bits per heavy atom. The summed E-state index contributed by atoms with van der Waals surface area (Å²) >= 11 is 0. The highest BCUT2D eigenvalue weighted by molar-refractivity contribution is 6.03. The lowest BCUT2D eigenvalue weighted by molar-refractivity contribution is 0.0743. The second-order valence-electron chi connectivity index (χ2n) is 6.02. The van der Waals surface area contributed by atoms with Crippen LogP contribution in [0, 0.1) is 6.92 Å². The maximum absolute atomic E-state index is 12.7. The lowest BCUT2D eigenvalue weighted by atomic mass is 10.1. The van der Waals surface area contributed by atoms with Gasteiger partial charge in [0.1, 0.15) is 0 Å². The third kappa shape index (κ3) is 3.33. The number of likely N-dealkylation sites (N-methyl/N-ethyl adjacent to an activating group) is 1. The molecular formula is C18H21N3O3.